The molecule has 2 aliphatic rings. The number of piperidine rings is 1. The van der Waals surface area contributed by atoms with E-state index in [1.807, 2.05) is 12.1 Å². The SMILES string of the molecule is O=c1cnc2ccncc2n1CCN1CCC(NCc2ccc3c(c2)OCCO3)CC1. The number of benzene rings is 1. The monoisotopic (exact) mass is 421 g/mol. The maximum atomic E-state index is 12.3. The van der Waals surface area contributed by atoms with Crippen molar-refractivity contribution in [2.24, 2.45) is 0 Å². The number of ether oxygens (including phenoxy) is 2. The lowest BCUT2D eigenvalue weighted by Crippen LogP contribution is -2.43. The van der Waals surface area contributed by atoms with Crippen LogP contribution in [0.3, 0.4) is 0 Å². The number of hydrogen-bond donors (Lipinski definition) is 1. The Hall–Kier alpha value is -2.97. The van der Waals surface area contributed by atoms with Crippen molar-refractivity contribution >= 4 is 11.0 Å². The summed E-state index contributed by atoms with van der Waals surface area (Å²) >= 11 is 0. The second-order valence-corrected chi connectivity index (χ2v) is 8.09. The molecule has 2 aliphatic heterocycles. The summed E-state index contributed by atoms with van der Waals surface area (Å²) in [5.41, 5.74) is 2.74. The van der Waals surface area contributed by atoms with Crippen LogP contribution in [-0.4, -0.2) is 58.3 Å². The Morgan fingerprint density at radius 1 is 1.03 bits per heavy atom. The third-order valence-electron chi connectivity index (χ3n) is 6.08. The van der Waals surface area contributed by atoms with Crippen LogP contribution < -0.4 is 20.3 Å². The summed E-state index contributed by atoms with van der Waals surface area (Å²) < 4.78 is 13.0. The van der Waals surface area contributed by atoms with Crippen LogP contribution in [-0.2, 0) is 13.1 Å². The van der Waals surface area contributed by atoms with Crippen molar-refractivity contribution in [3.05, 3.63) is 58.8 Å². The van der Waals surface area contributed by atoms with Crippen LogP contribution in [0, 0.1) is 0 Å². The number of hydrogen-bond acceptors (Lipinski definition) is 7. The summed E-state index contributed by atoms with van der Waals surface area (Å²) in [4.78, 5) is 23.1. The lowest BCUT2D eigenvalue weighted by Gasteiger charge is -2.32. The molecule has 162 valence electrons. The highest BCUT2D eigenvalue weighted by molar-refractivity contribution is 5.72. The molecule has 0 unspecified atom stereocenters. The van der Waals surface area contributed by atoms with E-state index in [2.05, 4.69) is 32.3 Å². The Kier molecular flexibility index (Phi) is 5.82. The van der Waals surface area contributed by atoms with E-state index in [-0.39, 0.29) is 5.56 Å². The maximum Gasteiger partial charge on any atom is 0.269 e. The normalized spacial score (nSPS) is 17.2. The third kappa shape index (κ3) is 4.55. The molecule has 1 N–H and O–H groups in total. The van der Waals surface area contributed by atoms with Gasteiger partial charge >= 0.3 is 0 Å². The Labute approximate surface area is 180 Å². The van der Waals surface area contributed by atoms with Gasteiger partial charge in [-0.3, -0.25) is 9.78 Å². The Morgan fingerprint density at radius 2 is 1.87 bits per heavy atom. The van der Waals surface area contributed by atoms with Crippen LogP contribution in [0.25, 0.3) is 11.0 Å². The predicted molar refractivity (Wildman–Crippen MR) is 118 cm³/mol. The van der Waals surface area contributed by atoms with E-state index in [1.165, 1.54) is 11.8 Å². The fourth-order valence-corrected chi connectivity index (χ4v) is 4.30. The molecule has 2 aromatic heterocycles. The first-order valence-electron chi connectivity index (χ1n) is 10.9. The first kappa shape index (κ1) is 20.0. The molecule has 0 spiro atoms. The van der Waals surface area contributed by atoms with Gasteiger partial charge in [-0.15, -0.1) is 0 Å². The van der Waals surface area contributed by atoms with E-state index in [1.54, 1.807) is 17.0 Å². The Morgan fingerprint density at radius 3 is 2.74 bits per heavy atom. The molecule has 4 heterocycles. The van der Waals surface area contributed by atoms with Gasteiger partial charge in [-0.1, -0.05) is 6.07 Å². The predicted octanol–water partition coefficient (Wildman–Crippen LogP) is 1.82. The largest absolute Gasteiger partial charge is 0.486 e. The van der Waals surface area contributed by atoms with Gasteiger partial charge in [0.15, 0.2) is 11.5 Å². The zero-order valence-corrected chi connectivity index (χ0v) is 17.5. The van der Waals surface area contributed by atoms with Gasteiger partial charge in [-0.25, -0.2) is 4.98 Å². The van der Waals surface area contributed by atoms with Gasteiger partial charge in [0, 0.05) is 31.9 Å². The van der Waals surface area contributed by atoms with E-state index in [4.69, 9.17) is 9.47 Å². The second-order valence-electron chi connectivity index (χ2n) is 8.09. The van der Waals surface area contributed by atoms with Crippen LogP contribution in [0.1, 0.15) is 18.4 Å². The molecule has 8 heteroatoms. The molecular weight excluding hydrogens is 394 g/mol. The van der Waals surface area contributed by atoms with Crippen LogP contribution in [0.4, 0.5) is 0 Å². The topological polar surface area (TPSA) is 81.5 Å². The minimum atomic E-state index is -0.0727. The first-order valence-corrected chi connectivity index (χ1v) is 10.9. The highest BCUT2D eigenvalue weighted by atomic mass is 16.6. The van der Waals surface area contributed by atoms with Crippen molar-refractivity contribution in [1.82, 2.24) is 24.8 Å². The van der Waals surface area contributed by atoms with Gasteiger partial charge in [0.1, 0.15) is 13.2 Å². The molecule has 0 aliphatic carbocycles. The van der Waals surface area contributed by atoms with E-state index in [0.29, 0.717) is 25.8 Å². The molecule has 1 aromatic carbocycles. The highest BCUT2D eigenvalue weighted by Crippen LogP contribution is 2.30. The summed E-state index contributed by atoms with van der Waals surface area (Å²) in [6.07, 6.45) is 7.01. The fourth-order valence-electron chi connectivity index (χ4n) is 4.30. The Bertz CT molecular complexity index is 1110. The van der Waals surface area contributed by atoms with Crippen molar-refractivity contribution in [2.45, 2.75) is 32.0 Å². The number of likely N-dealkylation sites (tertiary alicyclic amines) is 1. The molecule has 5 rings (SSSR count). The summed E-state index contributed by atoms with van der Waals surface area (Å²) in [6, 6.07) is 8.50. The zero-order chi connectivity index (χ0) is 21.0. The maximum absolute atomic E-state index is 12.3. The standard InChI is InChI=1S/C23H27N5O3/c29-23-16-26-19-3-6-24-15-20(19)28(23)10-9-27-7-4-18(5-8-27)25-14-17-1-2-21-22(13-17)31-12-11-30-21/h1-3,6,13,15-16,18,25H,4-5,7-12,14H2. The quantitative estimate of drug-likeness (QED) is 0.650. The van der Waals surface area contributed by atoms with Crippen LogP contribution in [0.5, 0.6) is 11.5 Å². The number of aromatic nitrogens is 3. The molecule has 0 radical (unpaired) electrons. The summed E-state index contributed by atoms with van der Waals surface area (Å²) in [5, 5.41) is 3.68. The third-order valence-corrected chi connectivity index (χ3v) is 6.08. The average Bonchev–Trinajstić information content (AvgIpc) is 2.82. The number of nitrogens with zero attached hydrogens (tertiary/aromatic N) is 4. The number of fused-ring (bicyclic) bond motifs is 2. The van der Waals surface area contributed by atoms with E-state index >= 15 is 0 Å². The summed E-state index contributed by atoms with van der Waals surface area (Å²) in [5.74, 6) is 1.68. The smallest absolute Gasteiger partial charge is 0.269 e. The van der Waals surface area contributed by atoms with E-state index in [9.17, 15) is 4.79 Å². The number of pyridine rings is 1. The van der Waals surface area contributed by atoms with Crippen molar-refractivity contribution in [3.63, 3.8) is 0 Å². The summed E-state index contributed by atoms with van der Waals surface area (Å²) in [6.45, 7) is 5.60. The van der Waals surface area contributed by atoms with Crippen molar-refractivity contribution in [3.8, 4) is 11.5 Å². The van der Waals surface area contributed by atoms with Crippen molar-refractivity contribution in [1.29, 1.82) is 0 Å². The van der Waals surface area contributed by atoms with Crippen molar-refractivity contribution < 1.29 is 9.47 Å². The van der Waals surface area contributed by atoms with Crippen molar-refractivity contribution in [2.75, 3.05) is 32.8 Å². The van der Waals surface area contributed by atoms with Crippen LogP contribution >= 0.6 is 0 Å². The molecule has 0 amide bonds. The first-order chi connectivity index (χ1) is 15.3. The van der Waals surface area contributed by atoms with Gasteiger partial charge in [0.25, 0.3) is 5.56 Å². The Balaban J connectivity index is 1.11. The van der Waals surface area contributed by atoms with E-state index < -0.39 is 0 Å². The minimum absolute atomic E-state index is 0.0727. The molecule has 0 atom stereocenters. The van der Waals surface area contributed by atoms with Crippen LogP contribution in [0.15, 0.2) is 47.7 Å². The number of nitrogens with one attached hydrogen (secondary N) is 1. The van der Waals surface area contributed by atoms with E-state index in [0.717, 1.165) is 61.6 Å². The van der Waals surface area contributed by atoms with Crippen LogP contribution in [0.2, 0.25) is 0 Å². The second kappa shape index (κ2) is 9.03. The molecule has 8 nitrogen and oxygen atoms in total. The molecule has 1 saturated heterocycles. The lowest BCUT2D eigenvalue weighted by atomic mass is 10.0. The highest BCUT2D eigenvalue weighted by Gasteiger charge is 2.19. The molecular formula is C23H27N5O3. The average molecular weight is 422 g/mol. The lowest BCUT2D eigenvalue weighted by molar-refractivity contribution is 0.171. The summed E-state index contributed by atoms with van der Waals surface area (Å²) in [7, 11) is 0. The molecule has 0 bridgehead atoms. The molecule has 0 saturated carbocycles. The van der Waals surface area contributed by atoms with Gasteiger partial charge in [0.2, 0.25) is 0 Å². The molecule has 1 fully saturated rings. The zero-order valence-electron chi connectivity index (χ0n) is 17.5. The van der Waals surface area contributed by atoms with Gasteiger partial charge in [-0.2, -0.15) is 0 Å². The van der Waals surface area contributed by atoms with Gasteiger partial charge in [0.05, 0.1) is 23.4 Å². The molecule has 3 aromatic rings. The molecule has 31 heavy (non-hydrogen) atoms. The van der Waals surface area contributed by atoms with Gasteiger partial charge in [-0.05, 0) is 49.7 Å². The number of rotatable bonds is 6. The minimum Gasteiger partial charge on any atom is -0.486 e. The fraction of sp³-hybridized carbons (Fsp3) is 0.435. The van der Waals surface area contributed by atoms with Gasteiger partial charge < -0.3 is 24.3 Å².